The van der Waals surface area contributed by atoms with Gasteiger partial charge in [0.2, 0.25) is 0 Å². The topological polar surface area (TPSA) is 23.8 Å². The molecule has 8 atom stereocenters. The van der Waals surface area contributed by atoms with Crippen molar-refractivity contribution in [3.05, 3.63) is 0 Å². The minimum Gasteiger partial charge on any atom is -0.198 e. The Morgan fingerprint density at radius 2 is 1.50 bits per heavy atom. The van der Waals surface area contributed by atoms with Crippen LogP contribution < -0.4 is 0 Å². The average molecular weight is 384 g/mol. The standard InChI is InChI=1S/C27H45N/c1-3-5-6-7-20-8-11-23-21(17-20)9-12-26-24-14-16-27(19-28,15-4-2)18-22(24)10-13-25(23)26/h20-26H,3-18H2,1-2H3. The van der Waals surface area contributed by atoms with Crippen molar-refractivity contribution in [3.63, 3.8) is 0 Å². The zero-order valence-corrected chi connectivity index (χ0v) is 18.8. The predicted molar refractivity (Wildman–Crippen MR) is 118 cm³/mol. The second-order valence-electron chi connectivity index (χ2n) is 11.4. The van der Waals surface area contributed by atoms with Crippen LogP contribution in [0.1, 0.15) is 117 Å². The molecule has 158 valence electrons. The van der Waals surface area contributed by atoms with Gasteiger partial charge in [0.15, 0.2) is 0 Å². The highest BCUT2D eigenvalue weighted by Gasteiger charge is 2.51. The quantitative estimate of drug-likeness (QED) is 0.424. The molecule has 0 radical (unpaired) electrons. The number of hydrogen-bond acceptors (Lipinski definition) is 1. The van der Waals surface area contributed by atoms with Crippen molar-refractivity contribution in [1.29, 1.82) is 5.26 Å². The highest BCUT2D eigenvalue weighted by molar-refractivity contribution is 5.07. The molecule has 4 aliphatic rings. The Labute approximate surface area is 175 Å². The van der Waals surface area contributed by atoms with Gasteiger partial charge in [-0.25, -0.2) is 0 Å². The number of rotatable bonds is 6. The molecule has 8 unspecified atom stereocenters. The molecular formula is C27H45N. The monoisotopic (exact) mass is 383 g/mol. The lowest BCUT2D eigenvalue weighted by Crippen LogP contribution is -2.48. The largest absolute Gasteiger partial charge is 0.198 e. The van der Waals surface area contributed by atoms with Crippen LogP contribution in [0.3, 0.4) is 0 Å². The molecule has 0 spiro atoms. The van der Waals surface area contributed by atoms with Gasteiger partial charge in [0.25, 0.3) is 0 Å². The van der Waals surface area contributed by atoms with Gasteiger partial charge in [0.1, 0.15) is 0 Å². The molecule has 0 saturated heterocycles. The van der Waals surface area contributed by atoms with Crippen molar-refractivity contribution in [2.75, 3.05) is 0 Å². The van der Waals surface area contributed by atoms with E-state index in [0.29, 0.717) is 0 Å². The molecule has 0 heterocycles. The van der Waals surface area contributed by atoms with Crippen molar-refractivity contribution in [1.82, 2.24) is 0 Å². The Hall–Kier alpha value is -0.510. The highest BCUT2D eigenvalue weighted by atomic mass is 14.6. The lowest BCUT2D eigenvalue weighted by atomic mass is 9.48. The molecule has 0 aromatic rings. The molecule has 0 aromatic heterocycles. The van der Waals surface area contributed by atoms with Crippen LogP contribution in [-0.4, -0.2) is 0 Å². The summed E-state index contributed by atoms with van der Waals surface area (Å²) in [7, 11) is 0. The Balaban J connectivity index is 1.36. The molecule has 0 N–H and O–H groups in total. The second-order valence-corrected chi connectivity index (χ2v) is 11.4. The maximum atomic E-state index is 9.90. The summed E-state index contributed by atoms with van der Waals surface area (Å²) < 4.78 is 0. The number of nitriles is 1. The molecule has 28 heavy (non-hydrogen) atoms. The average Bonchev–Trinajstić information content (AvgIpc) is 2.73. The van der Waals surface area contributed by atoms with E-state index in [1.54, 1.807) is 12.8 Å². The lowest BCUT2D eigenvalue weighted by Gasteiger charge is -2.56. The van der Waals surface area contributed by atoms with Gasteiger partial charge in [0, 0.05) is 0 Å². The number of unbranched alkanes of at least 4 members (excludes halogenated alkanes) is 2. The summed E-state index contributed by atoms with van der Waals surface area (Å²) in [4.78, 5) is 0. The third-order valence-electron chi connectivity index (χ3n) is 9.94. The molecule has 4 fully saturated rings. The molecule has 1 heteroatoms. The van der Waals surface area contributed by atoms with Gasteiger partial charge in [-0.1, -0.05) is 52.4 Å². The van der Waals surface area contributed by atoms with Crippen molar-refractivity contribution < 1.29 is 0 Å². The van der Waals surface area contributed by atoms with E-state index in [4.69, 9.17) is 0 Å². The summed E-state index contributed by atoms with van der Waals surface area (Å²) in [6, 6.07) is 2.79. The molecule has 4 saturated carbocycles. The second kappa shape index (κ2) is 9.10. The number of hydrogen-bond donors (Lipinski definition) is 0. The van der Waals surface area contributed by atoms with E-state index in [1.807, 2.05) is 0 Å². The van der Waals surface area contributed by atoms with Crippen molar-refractivity contribution in [2.24, 2.45) is 46.8 Å². The first kappa shape index (κ1) is 20.8. The third-order valence-corrected chi connectivity index (χ3v) is 9.94. The first-order chi connectivity index (χ1) is 13.7. The Kier molecular flexibility index (Phi) is 6.74. The van der Waals surface area contributed by atoms with Crippen LogP contribution >= 0.6 is 0 Å². The maximum absolute atomic E-state index is 9.90. The van der Waals surface area contributed by atoms with Crippen LogP contribution in [0.4, 0.5) is 0 Å². The van der Waals surface area contributed by atoms with Crippen LogP contribution in [0, 0.1) is 58.2 Å². The molecule has 4 aliphatic carbocycles. The summed E-state index contributed by atoms with van der Waals surface area (Å²) in [6.45, 7) is 4.60. The van der Waals surface area contributed by atoms with Gasteiger partial charge < -0.3 is 0 Å². The Bertz CT molecular complexity index is 547. The summed E-state index contributed by atoms with van der Waals surface area (Å²) in [5.41, 5.74) is 0.0382. The molecule has 0 amide bonds. The van der Waals surface area contributed by atoms with Gasteiger partial charge in [-0.05, 0) is 106 Å². The molecule has 0 aliphatic heterocycles. The zero-order chi connectivity index (χ0) is 19.6. The van der Waals surface area contributed by atoms with Gasteiger partial charge in [0.05, 0.1) is 11.5 Å². The van der Waals surface area contributed by atoms with E-state index >= 15 is 0 Å². The van der Waals surface area contributed by atoms with Crippen molar-refractivity contribution in [2.45, 2.75) is 117 Å². The van der Waals surface area contributed by atoms with Gasteiger partial charge in [-0.2, -0.15) is 5.26 Å². The predicted octanol–water partition coefficient (Wildman–Crippen LogP) is 8.15. The fraction of sp³-hybridized carbons (Fsp3) is 0.963. The molecular weight excluding hydrogens is 338 g/mol. The van der Waals surface area contributed by atoms with E-state index in [2.05, 4.69) is 19.9 Å². The van der Waals surface area contributed by atoms with E-state index in [1.165, 1.54) is 83.5 Å². The van der Waals surface area contributed by atoms with E-state index in [-0.39, 0.29) is 5.41 Å². The van der Waals surface area contributed by atoms with Gasteiger partial charge in [-0.3, -0.25) is 0 Å². The highest BCUT2D eigenvalue weighted by Crippen LogP contribution is 2.60. The van der Waals surface area contributed by atoms with E-state index < -0.39 is 0 Å². The maximum Gasteiger partial charge on any atom is 0.0689 e. The Morgan fingerprint density at radius 3 is 2.21 bits per heavy atom. The summed E-state index contributed by atoms with van der Waals surface area (Å²) in [5, 5.41) is 9.90. The van der Waals surface area contributed by atoms with E-state index in [0.717, 1.165) is 47.8 Å². The van der Waals surface area contributed by atoms with E-state index in [9.17, 15) is 5.26 Å². The summed E-state index contributed by atoms with van der Waals surface area (Å²) in [5.74, 6) is 7.12. The molecule has 0 bridgehead atoms. The van der Waals surface area contributed by atoms with Crippen LogP contribution in [0.25, 0.3) is 0 Å². The van der Waals surface area contributed by atoms with Crippen LogP contribution in [-0.2, 0) is 0 Å². The normalized spacial score (nSPS) is 45.4. The fourth-order valence-corrected chi connectivity index (χ4v) is 8.71. The lowest BCUT2D eigenvalue weighted by molar-refractivity contribution is -0.0637. The first-order valence-electron chi connectivity index (χ1n) is 13.1. The van der Waals surface area contributed by atoms with Crippen LogP contribution in [0.5, 0.6) is 0 Å². The SMILES string of the molecule is CCCCCC1CCC2C(CCC3C4CCC(C#N)(CCC)CC4CCC23)C1. The number of nitrogens with zero attached hydrogens (tertiary/aromatic N) is 1. The van der Waals surface area contributed by atoms with Crippen molar-refractivity contribution in [3.8, 4) is 6.07 Å². The summed E-state index contributed by atoms with van der Waals surface area (Å²) >= 11 is 0. The minimum atomic E-state index is 0.0382. The molecule has 4 rings (SSSR count). The molecule has 0 aromatic carbocycles. The Morgan fingerprint density at radius 1 is 0.786 bits per heavy atom. The third kappa shape index (κ3) is 4.04. The first-order valence-corrected chi connectivity index (χ1v) is 13.1. The van der Waals surface area contributed by atoms with Gasteiger partial charge in [-0.15, -0.1) is 0 Å². The van der Waals surface area contributed by atoms with Crippen molar-refractivity contribution >= 4 is 0 Å². The summed E-state index contributed by atoms with van der Waals surface area (Å²) in [6.07, 6.45) is 22.6. The van der Waals surface area contributed by atoms with Crippen LogP contribution in [0.15, 0.2) is 0 Å². The van der Waals surface area contributed by atoms with Crippen LogP contribution in [0.2, 0.25) is 0 Å². The minimum absolute atomic E-state index is 0.0382. The fourth-order valence-electron chi connectivity index (χ4n) is 8.71. The zero-order valence-electron chi connectivity index (χ0n) is 18.8. The van der Waals surface area contributed by atoms with Gasteiger partial charge >= 0.3 is 0 Å². The molecule has 1 nitrogen and oxygen atoms in total. The number of fused-ring (bicyclic) bond motifs is 5. The smallest absolute Gasteiger partial charge is 0.0689 e.